The van der Waals surface area contributed by atoms with Crippen LogP contribution in [0.4, 0.5) is 4.79 Å². The first kappa shape index (κ1) is 47.8. The van der Waals surface area contributed by atoms with Gasteiger partial charge in [-0.15, -0.1) is 11.3 Å². The summed E-state index contributed by atoms with van der Waals surface area (Å²) in [4.78, 5) is 53.3. The summed E-state index contributed by atoms with van der Waals surface area (Å²) in [6, 6.07) is 14.0. The van der Waals surface area contributed by atoms with E-state index in [4.69, 9.17) is 23.9 Å². The number of benzene rings is 1. The maximum absolute atomic E-state index is 14.7. The molecule has 3 fully saturated rings. The molecular formula is C49H70N4O8S. The molecule has 2 bridgehead atoms. The first-order valence-corrected chi connectivity index (χ1v) is 23.5. The van der Waals surface area contributed by atoms with Crippen molar-refractivity contribution in [1.82, 2.24) is 15.1 Å². The number of hydrogen-bond donors (Lipinski definition) is 2. The monoisotopic (exact) mass is 874 g/mol. The minimum Gasteiger partial charge on any atom is -0.458 e. The molecule has 0 radical (unpaired) electrons. The second-order valence-electron chi connectivity index (χ2n) is 18.9. The van der Waals surface area contributed by atoms with Crippen molar-refractivity contribution in [2.45, 2.75) is 149 Å². The van der Waals surface area contributed by atoms with Gasteiger partial charge >= 0.3 is 12.1 Å². The van der Waals surface area contributed by atoms with E-state index in [2.05, 4.69) is 74.3 Å². The highest BCUT2D eigenvalue weighted by molar-refractivity contribution is 7.12. The number of cyclic esters (lactones) is 1. The van der Waals surface area contributed by atoms with Crippen LogP contribution < -0.4 is 5.32 Å². The predicted octanol–water partition coefficient (Wildman–Crippen LogP) is 6.90. The maximum Gasteiger partial charge on any atom is 0.410 e. The van der Waals surface area contributed by atoms with Crippen molar-refractivity contribution in [1.29, 1.82) is 0 Å². The van der Waals surface area contributed by atoms with E-state index in [1.54, 1.807) is 30.1 Å². The number of aliphatic hydroxyl groups is 1. The van der Waals surface area contributed by atoms with Crippen molar-refractivity contribution in [2.24, 2.45) is 34.1 Å². The molecule has 62 heavy (non-hydrogen) atoms. The number of likely N-dealkylation sites (N-methyl/N-ethyl adjacent to an activating group) is 1. The lowest BCUT2D eigenvalue weighted by molar-refractivity contribution is -0.286. The molecule has 2 N–H and O–H groups in total. The van der Waals surface area contributed by atoms with Gasteiger partial charge in [0.2, 0.25) is 0 Å². The first-order chi connectivity index (χ1) is 29.5. The minimum absolute atomic E-state index is 0.139. The third-order valence-electron chi connectivity index (χ3n) is 13.8. The van der Waals surface area contributed by atoms with E-state index in [1.165, 1.54) is 10.4 Å². The van der Waals surface area contributed by atoms with Gasteiger partial charge in [-0.1, -0.05) is 76.8 Å². The molecule has 2 aromatic rings. The zero-order chi connectivity index (χ0) is 44.9. The molecule has 5 heterocycles. The van der Waals surface area contributed by atoms with Crippen LogP contribution in [0.2, 0.25) is 0 Å². The third-order valence-corrected chi connectivity index (χ3v) is 14.8. The Balaban J connectivity index is 1.34. The molecule has 13 atom stereocenters. The number of ketones is 1. The van der Waals surface area contributed by atoms with E-state index in [-0.39, 0.29) is 29.8 Å². The number of ether oxygens (including phenoxy) is 4. The van der Waals surface area contributed by atoms with E-state index >= 15 is 0 Å². The van der Waals surface area contributed by atoms with Gasteiger partial charge in [-0.25, -0.2) is 4.79 Å². The molecule has 1 amide bonds. The number of Topliss-reactive ketones (excluding diaryl/α,β-unsaturated/α-hetero) is 1. The second-order valence-corrected chi connectivity index (χ2v) is 20.1. The Bertz CT molecular complexity index is 1960. The molecule has 0 spiro atoms. The standard InChI is InChI=1S/C49H70N4O8S/c1-11-39-49(8)43-32(4)40(51-25-26-53(43)47(57)61-49)30(2)28-48(7,23-15-20-36-21-22-37(62-36)29-50-24-16-19-35-17-13-12-14-18-35)44(33(5)41(54)34(6)45(56)59-39)60-46-42(55)38(52(9)10)27-31(3)58-46/h12-14,17-18,21-22,30-34,38-39,42-44,46,50,55H,11,16,19,23-29H2,1-10H3/t30-,31-,32-,33+,34-,38+,39+,42-,43-,44-,46?,48+,49-/m1/s1. The van der Waals surface area contributed by atoms with Crippen molar-refractivity contribution >= 4 is 34.9 Å². The van der Waals surface area contributed by atoms with Crippen LogP contribution in [0.5, 0.6) is 0 Å². The van der Waals surface area contributed by atoms with Gasteiger partial charge in [0.25, 0.3) is 0 Å². The Hall–Kier alpha value is -3.64. The highest BCUT2D eigenvalue weighted by Crippen LogP contribution is 2.46. The number of aryl methyl sites for hydroxylation is 1. The van der Waals surface area contributed by atoms with Crippen molar-refractivity contribution in [3.8, 4) is 11.8 Å². The van der Waals surface area contributed by atoms with Crippen LogP contribution in [-0.4, -0.2) is 121 Å². The number of rotatable bonds is 11. The molecule has 0 aliphatic carbocycles. The Kier molecular flexibility index (Phi) is 15.8. The van der Waals surface area contributed by atoms with E-state index < -0.39 is 65.6 Å². The quantitative estimate of drug-likeness (QED) is 0.106. The number of aliphatic imine (C=N–C) groups is 1. The van der Waals surface area contributed by atoms with Gasteiger partial charge < -0.3 is 34.3 Å². The van der Waals surface area contributed by atoms with Crippen molar-refractivity contribution in [3.63, 3.8) is 0 Å². The molecule has 13 heteroatoms. The van der Waals surface area contributed by atoms with Gasteiger partial charge in [0.15, 0.2) is 17.7 Å². The summed E-state index contributed by atoms with van der Waals surface area (Å²) < 4.78 is 25.7. The van der Waals surface area contributed by atoms with E-state index in [1.807, 2.05) is 45.8 Å². The van der Waals surface area contributed by atoms with Crippen LogP contribution >= 0.6 is 11.3 Å². The normalized spacial score (nSPS) is 35.6. The summed E-state index contributed by atoms with van der Waals surface area (Å²) >= 11 is 1.66. The smallest absolute Gasteiger partial charge is 0.410 e. The Morgan fingerprint density at radius 1 is 1.05 bits per heavy atom. The molecule has 4 aliphatic heterocycles. The molecule has 1 unspecified atom stereocenters. The van der Waals surface area contributed by atoms with Gasteiger partial charge in [-0.05, 0) is 97.1 Å². The summed E-state index contributed by atoms with van der Waals surface area (Å²) in [5.41, 5.74) is 0.280. The number of nitrogens with one attached hydrogen (secondary N) is 1. The Morgan fingerprint density at radius 2 is 1.79 bits per heavy atom. The van der Waals surface area contributed by atoms with E-state index in [9.17, 15) is 19.5 Å². The summed E-state index contributed by atoms with van der Waals surface area (Å²) in [6.07, 6.45) is -0.404. The average Bonchev–Trinajstić information content (AvgIpc) is 3.73. The summed E-state index contributed by atoms with van der Waals surface area (Å²) in [7, 11) is 3.85. The zero-order valence-corrected chi connectivity index (χ0v) is 39.3. The fourth-order valence-corrected chi connectivity index (χ4v) is 11.5. The van der Waals surface area contributed by atoms with E-state index in [0.717, 1.165) is 36.5 Å². The SMILES string of the molecule is CC[C@@H]1OC(=O)[C@H](C)C(=O)[C@H](C)[C@@H](OC2O[C@H](C)C[C@H](N(C)C)[C@H]2O)[C@@](C)(CC#Cc2ccc(CNCCCc3ccccc3)s2)C[C@@H](C)C2=NCCN3C(=O)O[C@@]1(C)[C@H]3[C@@H]2C. The molecule has 12 nitrogen and oxygen atoms in total. The molecule has 4 aliphatic rings. The lowest BCUT2D eigenvalue weighted by Gasteiger charge is -2.47. The van der Waals surface area contributed by atoms with Crippen molar-refractivity contribution in [3.05, 3.63) is 57.8 Å². The number of esters is 1. The fourth-order valence-electron chi connectivity index (χ4n) is 10.6. The molecule has 0 saturated carbocycles. The van der Waals surface area contributed by atoms with Gasteiger partial charge in [-0.2, -0.15) is 0 Å². The number of carbonyl (C=O) groups is 3. The predicted molar refractivity (Wildman–Crippen MR) is 242 cm³/mol. The van der Waals surface area contributed by atoms with Crippen LogP contribution in [-0.2, 0) is 41.5 Å². The number of hydrogen-bond acceptors (Lipinski definition) is 12. The minimum atomic E-state index is -1.17. The second kappa shape index (κ2) is 20.5. The van der Waals surface area contributed by atoms with Gasteiger partial charge in [0.05, 0.1) is 29.7 Å². The lowest BCUT2D eigenvalue weighted by Crippen LogP contribution is -2.58. The topological polar surface area (TPSA) is 139 Å². The third kappa shape index (κ3) is 10.5. The summed E-state index contributed by atoms with van der Waals surface area (Å²) in [5, 5.41) is 15.3. The number of amides is 1. The molecular weight excluding hydrogens is 805 g/mol. The Labute approximate surface area is 373 Å². The lowest BCUT2D eigenvalue weighted by atomic mass is 9.66. The molecule has 1 aromatic carbocycles. The van der Waals surface area contributed by atoms with Crippen LogP contribution in [0, 0.1) is 40.9 Å². The number of carbonyl (C=O) groups excluding carboxylic acids is 3. The number of thiophene rings is 1. The zero-order valence-electron chi connectivity index (χ0n) is 38.5. The van der Waals surface area contributed by atoms with Crippen LogP contribution in [0.3, 0.4) is 0 Å². The van der Waals surface area contributed by atoms with Crippen LogP contribution in [0.25, 0.3) is 0 Å². The molecule has 6 rings (SSSR count). The largest absolute Gasteiger partial charge is 0.458 e. The van der Waals surface area contributed by atoms with Gasteiger partial charge in [0, 0.05) is 53.4 Å². The molecule has 3 saturated heterocycles. The van der Waals surface area contributed by atoms with E-state index in [0.29, 0.717) is 38.8 Å². The first-order valence-electron chi connectivity index (χ1n) is 22.7. The number of nitrogens with zero attached hydrogens (tertiary/aromatic N) is 3. The van der Waals surface area contributed by atoms with Crippen molar-refractivity contribution in [2.75, 3.05) is 33.7 Å². The number of fused-ring (bicyclic) bond motifs is 1. The summed E-state index contributed by atoms with van der Waals surface area (Å²) in [5.74, 6) is 3.55. The molecule has 340 valence electrons. The number of aliphatic hydroxyl groups excluding tert-OH is 1. The Morgan fingerprint density at radius 3 is 2.50 bits per heavy atom. The van der Waals surface area contributed by atoms with Crippen LogP contribution in [0.15, 0.2) is 47.5 Å². The highest BCUT2D eigenvalue weighted by Gasteiger charge is 2.60. The van der Waals surface area contributed by atoms with Gasteiger partial charge in [0.1, 0.15) is 18.1 Å². The average molecular weight is 875 g/mol. The fraction of sp³-hybridized carbons (Fsp3) is 0.673. The molecule has 1 aromatic heterocycles. The van der Waals surface area contributed by atoms with Crippen LogP contribution in [0.1, 0.15) is 103 Å². The summed E-state index contributed by atoms with van der Waals surface area (Å²) in [6.45, 7) is 17.9. The van der Waals surface area contributed by atoms with Gasteiger partial charge in [-0.3, -0.25) is 19.5 Å². The van der Waals surface area contributed by atoms with Crippen molar-refractivity contribution < 1.29 is 38.4 Å². The maximum atomic E-state index is 14.7. The highest BCUT2D eigenvalue weighted by atomic mass is 32.1.